The normalized spacial score (nSPS) is 22.7. The average molecular weight is 424 g/mol. The zero-order chi connectivity index (χ0) is 21.0. The molecular weight excluding hydrogens is 390 g/mol. The highest BCUT2D eigenvalue weighted by Crippen LogP contribution is 2.48. The zero-order valence-corrected chi connectivity index (χ0v) is 18.5. The molecule has 0 aromatic heterocycles. The number of amides is 1. The quantitative estimate of drug-likeness (QED) is 0.637. The Morgan fingerprint density at radius 2 is 1.83 bits per heavy atom. The van der Waals surface area contributed by atoms with Crippen LogP contribution in [0.3, 0.4) is 0 Å². The lowest BCUT2D eigenvalue weighted by atomic mass is 9.91. The van der Waals surface area contributed by atoms with E-state index in [1.807, 2.05) is 30.9 Å². The Hall–Kier alpha value is -1.60. The van der Waals surface area contributed by atoms with Crippen molar-refractivity contribution >= 4 is 15.9 Å². The maximum absolute atomic E-state index is 12.1. The van der Waals surface area contributed by atoms with Crippen molar-refractivity contribution in [3.8, 4) is 0 Å². The first-order valence-electron chi connectivity index (χ1n) is 10.5. The number of ether oxygens (including phenoxy) is 2. The minimum Gasteiger partial charge on any atom is -0.449 e. The predicted molar refractivity (Wildman–Crippen MR) is 111 cm³/mol. The van der Waals surface area contributed by atoms with Crippen LogP contribution in [0.1, 0.15) is 38.7 Å². The summed E-state index contributed by atoms with van der Waals surface area (Å²) in [4.78, 5) is 14.2. The fourth-order valence-electron chi connectivity index (χ4n) is 4.04. The second-order valence-corrected chi connectivity index (χ2v) is 10.9. The molecule has 1 aromatic rings. The van der Waals surface area contributed by atoms with Crippen molar-refractivity contribution in [3.63, 3.8) is 0 Å². The number of piperidine rings is 1. The van der Waals surface area contributed by atoms with Crippen LogP contribution < -0.4 is 0 Å². The SMILES string of the molecule is CC(C)COC(=O)N1CCC([C@H]2C[C@H]2COCc2ccc(S(C)(=O)=O)cc2)CC1. The number of benzene rings is 1. The Balaban J connectivity index is 1.33. The molecule has 162 valence electrons. The average Bonchev–Trinajstić information content (AvgIpc) is 3.45. The summed E-state index contributed by atoms with van der Waals surface area (Å²) in [5.41, 5.74) is 0.989. The molecule has 1 saturated heterocycles. The highest BCUT2D eigenvalue weighted by Gasteiger charge is 2.44. The number of hydrogen-bond donors (Lipinski definition) is 0. The van der Waals surface area contributed by atoms with Gasteiger partial charge in [0.15, 0.2) is 9.84 Å². The van der Waals surface area contributed by atoms with Crippen LogP contribution in [0.5, 0.6) is 0 Å². The largest absolute Gasteiger partial charge is 0.449 e. The monoisotopic (exact) mass is 423 g/mol. The molecule has 2 atom stereocenters. The number of sulfone groups is 1. The van der Waals surface area contributed by atoms with Gasteiger partial charge < -0.3 is 14.4 Å². The third kappa shape index (κ3) is 6.44. The Morgan fingerprint density at radius 1 is 1.17 bits per heavy atom. The molecule has 0 spiro atoms. The van der Waals surface area contributed by atoms with E-state index in [1.165, 1.54) is 12.7 Å². The van der Waals surface area contributed by atoms with Crippen LogP contribution >= 0.6 is 0 Å². The minimum absolute atomic E-state index is 0.172. The lowest BCUT2D eigenvalue weighted by Crippen LogP contribution is -2.39. The molecule has 2 aliphatic rings. The van der Waals surface area contributed by atoms with Gasteiger partial charge in [0.25, 0.3) is 0 Å². The third-order valence-corrected chi connectivity index (χ3v) is 7.00. The first-order valence-corrected chi connectivity index (χ1v) is 12.4. The van der Waals surface area contributed by atoms with Gasteiger partial charge in [0.05, 0.1) is 24.7 Å². The van der Waals surface area contributed by atoms with Crippen LogP contribution in [0.25, 0.3) is 0 Å². The van der Waals surface area contributed by atoms with Crippen LogP contribution in [-0.2, 0) is 25.9 Å². The molecule has 1 saturated carbocycles. The lowest BCUT2D eigenvalue weighted by molar-refractivity contribution is 0.0734. The summed E-state index contributed by atoms with van der Waals surface area (Å²) in [6.07, 6.45) is 4.34. The molecule has 0 bridgehead atoms. The van der Waals surface area contributed by atoms with E-state index < -0.39 is 9.84 Å². The highest BCUT2D eigenvalue weighted by molar-refractivity contribution is 7.90. The Kier molecular flexibility index (Phi) is 7.22. The van der Waals surface area contributed by atoms with Crippen molar-refractivity contribution in [2.75, 3.05) is 32.6 Å². The molecule has 6 nitrogen and oxygen atoms in total. The summed E-state index contributed by atoms with van der Waals surface area (Å²) in [5.74, 6) is 2.35. The molecule has 0 unspecified atom stereocenters. The Labute approximate surface area is 174 Å². The number of carbonyl (C=O) groups is 1. The Morgan fingerprint density at radius 3 is 2.41 bits per heavy atom. The van der Waals surface area contributed by atoms with Gasteiger partial charge in [-0.3, -0.25) is 0 Å². The summed E-state index contributed by atoms with van der Waals surface area (Å²) in [7, 11) is -3.15. The topological polar surface area (TPSA) is 72.9 Å². The molecule has 1 aromatic carbocycles. The van der Waals surface area contributed by atoms with Crippen LogP contribution in [0.2, 0.25) is 0 Å². The number of nitrogens with zero attached hydrogens (tertiary/aromatic N) is 1. The molecule has 7 heteroatoms. The summed E-state index contributed by atoms with van der Waals surface area (Å²) in [5, 5.41) is 0. The number of rotatable bonds is 8. The van der Waals surface area contributed by atoms with E-state index in [0.717, 1.165) is 38.1 Å². The van der Waals surface area contributed by atoms with Gasteiger partial charge in [0, 0.05) is 19.3 Å². The van der Waals surface area contributed by atoms with Crippen molar-refractivity contribution in [1.29, 1.82) is 0 Å². The predicted octanol–water partition coefficient (Wildman–Crippen LogP) is 3.75. The van der Waals surface area contributed by atoms with E-state index >= 15 is 0 Å². The molecule has 29 heavy (non-hydrogen) atoms. The maximum Gasteiger partial charge on any atom is 0.409 e. The summed E-state index contributed by atoms with van der Waals surface area (Å²) < 4.78 is 34.2. The van der Waals surface area contributed by atoms with E-state index in [9.17, 15) is 13.2 Å². The van der Waals surface area contributed by atoms with Gasteiger partial charge in [0.2, 0.25) is 0 Å². The van der Waals surface area contributed by atoms with Gasteiger partial charge in [-0.25, -0.2) is 13.2 Å². The first-order chi connectivity index (χ1) is 13.7. The molecule has 1 amide bonds. The van der Waals surface area contributed by atoms with Crippen LogP contribution in [-0.4, -0.2) is 52.0 Å². The number of hydrogen-bond acceptors (Lipinski definition) is 5. The fourth-order valence-corrected chi connectivity index (χ4v) is 4.67. The molecule has 1 aliphatic heterocycles. The van der Waals surface area contributed by atoms with Gasteiger partial charge in [-0.15, -0.1) is 0 Å². The van der Waals surface area contributed by atoms with Crippen LogP contribution in [0.15, 0.2) is 29.2 Å². The Bertz CT molecular complexity index is 782. The van der Waals surface area contributed by atoms with Crippen LogP contribution in [0, 0.1) is 23.7 Å². The van der Waals surface area contributed by atoms with Crippen molar-refractivity contribution in [2.24, 2.45) is 23.7 Å². The molecular formula is C22H33NO5S. The van der Waals surface area contributed by atoms with Gasteiger partial charge in [0.1, 0.15) is 0 Å². The van der Waals surface area contributed by atoms with Crippen LogP contribution in [0.4, 0.5) is 4.79 Å². The van der Waals surface area contributed by atoms with Crippen molar-refractivity contribution < 1.29 is 22.7 Å². The fraction of sp³-hybridized carbons (Fsp3) is 0.682. The molecule has 1 aliphatic carbocycles. The van der Waals surface area contributed by atoms with Gasteiger partial charge in [-0.2, -0.15) is 0 Å². The molecule has 0 radical (unpaired) electrons. The lowest BCUT2D eigenvalue weighted by Gasteiger charge is -2.31. The third-order valence-electron chi connectivity index (χ3n) is 5.87. The zero-order valence-electron chi connectivity index (χ0n) is 17.7. The van der Waals surface area contributed by atoms with E-state index in [0.29, 0.717) is 41.8 Å². The van der Waals surface area contributed by atoms with Crippen molar-refractivity contribution in [1.82, 2.24) is 4.90 Å². The van der Waals surface area contributed by atoms with E-state index in [4.69, 9.17) is 9.47 Å². The number of carbonyl (C=O) groups excluding carboxylic acids is 1. The van der Waals surface area contributed by atoms with Crippen molar-refractivity contribution in [3.05, 3.63) is 29.8 Å². The summed E-state index contributed by atoms with van der Waals surface area (Å²) in [6, 6.07) is 6.89. The smallest absolute Gasteiger partial charge is 0.409 e. The standard InChI is InChI=1S/C22H33NO5S/c1-16(2)13-28-22(24)23-10-8-18(9-11-23)21-12-19(21)15-27-14-17-4-6-20(7-5-17)29(3,25)26/h4-7,16,18-19,21H,8-15H2,1-3H3/t19-,21+/m0/s1. The molecule has 1 heterocycles. The highest BCUT2D eigenvalue weighted by atomic mass is 32.2. The van der Waals surface area contributed by atoms with Gasteiger partial charge in [-0.05, 0) is 60.6 Å². The summed E-state index contributed by atoms with van der Waals surface area (Å²) in [6.45, 7) is 7.40. The van der Waals surface area contributed by atoms with Crippen molar-refractivity contribution in [2.45, 2.75) is 44.6 Å². The number of likely N-dealkylation sites (tertiary alicyclic amines) is 1. The van der Waals surface area contributed by atoms with Gasteiger partial charge >= 0.3 is 6.09 Å². The molecule has 2 fully saturated rings. The van der Waals surface area contributed by atoms with E-state index in [2.05, 4.69) is 0 Å². The van der Waals surface area contributed by atoms with E-state index in [-0.39, 0.29) is 6.09 Å². The van der Waals surface area contributed by atoms with E-state index in [1.54, 1.807) is 12.1 Å². The molecule has 0 N–H and O–H groups in total. The summed E-state index contributed by atoms with van der Waals surface area (Å²) >= 11 is 0. The maximum atomic E-state index is 12.1. The molecule has 3 rings (SSSR count). The van der Waals surface area contributed by atoms with Gasteiger partial charge in [-0.1, -0.05) is 26.0 Å². The second kappa shape index (κ2) is 9.47. The minimum atomic E-state index is -3.15. The second-order valence-electron chi connectivity index (χ2n) is 8.89. The first kappa shape index (κ1) is 22.1.